The fourth-order valence-electron chi connectivity index (χ4n) is 1.44. The van der Waals surface area contributed by atoms with Gasteiger partial charge in [0.05, 0.1) is 5.38 Å². The Bertz CT molecular complexity index is 392. The van der Waals surface area contributed by atoms with Crippen molar-refractivity contribution in [2.45, 2.75) is 11.8 Å². The molecule has 1 saturated heterocycles. The summed E-state index contributed by atoms with van der Waals surface area (Å²) < 4.78 is 0. The van der Waals surface area contributed by atoms with Crippen LogP contribution in [-0.2, 0) is 4.79 Å². The van der Waals surface area contributed by atoms with Crippen molar-refractivity contribution < 1.29 is 4.79 Å². The molecule has 15 heavy (non-hydrogen) atoms. The van der Waals surface area contributed by atoms with Gasteiger partial charge in [-0.15, -0.1) is 11.6 Å². The van der Waals surface area contributed by atoms with Crippen molar-refractivity contribution in [1.82, 2.24) is 9.97 Å². The third-order valence-corrected chi connectivity index (χ3v) is 2.93. The molecule has 0 bridgehead atoms. The minimum absolute atomic E-state index is 0.117. The zero-order valence-electron chi connectivity index (χ0n) is 7.45. The van der Waals surface area contributed by atoms with E-state index in [0.717, 1.165) is 0 Å². The molecule has 80 valence electrons. The van der Waals surface area contributed by atoms with Crippen molar-refractivity contribution in [2.75, 3.05) is 11.4 Å². The lowest BCUT2D eigenvalue weighted by Crippen LogP contribution is -2.25. The zero-order chi connectivity index (χ0) is 11.0. The molecule has 0 N–H and O–H groups in total. The Kier molecular flexibility index (Phi) is 3.00. The highest BCUT2D eigenvalue weighted by atomic mass is 35.5. The van der Waals surface area contributed by atoms with Crippen molar-refractivity contribution in [3.8, 4) is 0 Å². The molecule has 1 amide bonds. The molecule has 4 nitrogen and oxygen atoms in total. The van der Waals surface area contributed by atoms with E-state index in [1.807, 2.05) is 0 Å². The number of carbonyl (C=O) groups excluding carboxylic acids is 1. The summed E-state index contributed by atoms with van der Waals surface area (Å²) in [6.45, 7) is 0.382. The number of rotatable bonds is 1. The van der Waals surface area contributed by atoms with Crippen LogP contribution in [0.5, 0.6) is 0 Å². The van der Waals surface area contributed by atoms with Gasteiger partial charge in [0.25, 0.3) is 0 Å². The van der Waals surface area contributed by atoms with Gasteiger partial charge in [0.1, 0.15) is 12.0 Å². The van der Waals surface area contributed by atoms with Gasteiger partial charge in [-0.05, 0) is 0 Å². The molecule has 1 aromatic heterocycles. The van der Waals surface area contributed by atoms with E-state index in [1.165, 1.54) is 11.2 Å². The van der Waals surface area contributed by atoms with Crippen LogP contribution in [0.25, 0.3) is 0 Å². The lowest BCUT2D eigenvalue weighted by molar-refractivity contribution is -0.117. The highest BCUT2D eigenvalue weighted by Gasteiger charge is 2.32. The maximum Gasteiger partial charge on any atom is 0.228 e. The summed E-state index contributed by atoms with van der Waals surface area (Å²) in [5.41, 5.74) is 0.342. The van der Waals surface area contributed by atoms with Gasteiger partial charge in [-0.3, -0.25) is 4.79 Å². The molecule has 2 heterocycles. The van der Waals surface area contributed by atoms with Crippen molar-refractivity contribution in [3.63, 3.8) is 0 Å². The summed E-state index contributed by atoms with van der Waals surface area (Å²) >= 11 is 17.6. The standard InChI is InChI=1S/C8H6Cl3N3O/c9-4-1-5(15)14(2-4)6-7(10)12-3-13-8(6)11/h3-4H,1-2H2. The molecule has 1 aromatic rings. The Morgan fingerprint density at radius 1 is 1.33 bits per heavy atom. The van der Waals surface area contributed by atoms with Gasteiger partial charge < -0.3 is 4.90 Å². The second-order valence-corrected chi connectivity index (χ2v) is 4.44. The number of aromatic nitrogens is 2. The van der Waals surface area contributed by atoms with E-state index in [0.29, 0.717) is 12.2 Å². The van der Waals surface area contributed by atoms with Crippen LogP contribution in [0.15, 0.2) is 6.33 Å². The molecular formula is C8H6Cl3N3O. The van der Waals surface area contributed by atoms with Gasteiger partial charge in [0.2, 0.25) is 5.91 Å². The molecule has 0 saturated carbocycles. The Hall–Kier alpha value is -0.580. The minimum atomic E-state index is -0.218. The van der Waals surface area contributed by atoms with Gasteiger partial charge >= 0.3 is 0 Å². The van der Waals surface area contributed by atoms with Gasteiger partial charge in [-0.2, -0.15) is 0 Å². The smallest absolute Gasteiger partial charge is 0.228 e. The van der Waals surface area contributed by atoms with Crippen LogP contribution >= 0.6 is 34.8 Å². The zero-order valence-corrected chi connectivity index (χ0v) is 9.72. The van der Waals surface area contributed by atoms with Crippen LogP contribution in [0.2, 0.25) is 10.3 Å². The second-order valence-electron chi connectivity index (χ2n) is 3.11. The predicted octanol–water partition coefficient (Wildman–Crippen LogP) is 2.13. The summed E-state index contributed by atoms with van der Waals surface area (Å²) in [6.07, 6.45) is 1.52. The molecule has 1 unspecified atom stereocenters. The number of carbonyl (C=O) groups is 1. The third kappa shape index (κ3) is 2.02. The molecule has 1 atom stereocenters. The van der Waals surface area contributed by atoms with Crippen molar-refractivity contribution in [3.05, 3.63) is 16.6 Å². The topological polar surface area (TPSA) is 46.1 Å². The average molecular weight is 267 g/mol. The van der Waals surface area contributed by atoms with E-state index < -0.39 is 0 Å². The fourth-order valence-corrected chi connectivity index (χ4v) is 2.23. The number of hydrogen-bond acceptors (Lipinski definition) is 3. The number of nitrogens with zero attached hydrogens (tertiary/aromatic N) is 3. The van der Waals surface area contributed by atoms with E-state index >= 15 is 0 Å². The second kappa shape index (κ2) is 4.12. The van der Waals surface area contributed by atoms with Crippen molar-refractivity contribution in [1.29, 1.82) is 0 Å². The molecule has 1 fully saturated rings. The summed E-state index contributed by atoms with van der Waals surface area (Å²) in [7, 11) is 0. The lowest BCUT2D eigenvalue weighted by Gasteiger charge is -2.17. The quantitative estimate of drug-likeness (QED) is 0.578. The van der Waals surface area contributed by atoms with Crippen LogP contribution in [0.3, 0.4) is 0 Å². The van der Waals surface area contributed by atoms with E-state index in [9.17, 15) is 4.79 Å². The van der Waals surface area contributed by atoms with Gasteiger partial charge in [-0.25, -0.2) is 9.97 Å². The maximum absolute atomic E-state index is 11.6. The van der Waals surface area contributed by atoms with Crippen LogP contribution in [0.4, 0.5) is 5.69 Å². The first-order valence-corrected chi connectivity index (χ1v) is 5.39. The monoisotopic (exact) mass is 265 g/mol. The average Bonchev–Trinajstić information content (AvgIpc) is 2.45. The number of amides is 1. The summed E-state index contributed by atoms with van der Waals surface area (Å²) in [6, 6.07) is 0. The van der Waals surface area contributed by atoms with Gasteiger partial charge in [-0.1, -0.05) is 23.2 Å². The van der Waals surface area contributed by atoms with Gasteiger partial charge in [0.15, 0.2) is 10.3 Å². The Labute approximate surface area is 101 Å². The number of alkyl halides is 1. The first-order valence-electron chi connectivity index (χ1n) is 4.20. The Balaban J connectivity index is 2.41. The van der Waals surface area contributed by atoms with Crippen LogP contribution in [0.1, 0.15) is 6.42 Å². The SMILES string of the molecule is O=C1CC(Cl)CN1c1c(Cl)ncnc1Cl. The first kappa shape index (κ1) is 10.9. The molecule has 0 aromatic carbocycles. The highest BCUT2D eigenvalue weighted by Crippen LogP contribution is 2.33. The normalized spacial score (nSPS) is 21.1. The van der Waals surface area contributed by atoms with Crippen LogP contribution in [0, 0.1) is 0 Å². The third-order valence-electron chi connectivity index (χ3n) is 2.08. The minimum Gasteiger partial charge on any atom is -0.305 e. The first-order chi connectivity index (χ1) is 7.09. The number of halogens is 3. The number of hydrogen-bond donors (Lipinski definition) is 0. The Morgan fingerprint density at radius 2 is 1.93 bits per heavy atom. The Morgan fingerprint density at radius 3 is 2.40 bits per heavy atom. The predicted molar refractivity (Wildman–Crippen MR) is 58.7 cm³/mol. The molecule has 7 heteroatoms. The number of anilines is 1. The van der Waals surface area contributed by atoms with Crippen molar-refractivity contribution in [2.24, 2.45) is 0 Å². The molecule has 2 rings (SSSR count). The lowest BCUT2D eigenvalue weighted by atomic mass is 10.4. The molecular weight excluding hydrogens is 260 g/mol. The summed E-state index contributed by atoms with van der Waals surface area (Å²) in [4.78, 5) is 20.5. The summed E-state index contributed by atoms with van der Waals surface area (Å²) in [5.74, 6) is -0.117. The molecule has 0 aliphatic carbocycles. The van der Waals surface area contributed by atoms with E-state index in [1.54, 1.807) is 0 Å². The largest absolute Gasteiger partial charge is 0.305 e. The van der Waals surface area contributed by atoms with E-state index in [-0.39, 0.29) is 28.0 Å². The molecule has 0 radical (unpaired) electrons. The van der Waals surface area contributed by atoms with Crippen molar-refractivity contribution >= 4 is 46.4 Å². The molecule has 1 aliphatic rings. The fraction of sp³-hybridized carbons (Fsp3) is 0.375. The van der Waals surface area contributed by atoms with E-state index in [4.69, 9.17) is 34.8 Å². The van der Waals surface area contributed by atoms with Crippen LogP contribution < -0.4 is 4.90 Å². The molecule has 1 aliphatic heterocycles. The maximum atomic E-state index is 11.6. The van der Waals surface area contributed by atoms with Crippen LogP contribution in [-0.4, -0.2) is 27.8 Å². The van der Waals surface area contributed by atoms with Gasteiger partial charge in [0, 0.05) is 13.0 Å². The highest BCUT2D eigenvalue weighted by molar-refractivity contribution is 6.38. The summed E-state index contributed by atoms with van der Waals surface area (Å²) in [5, 5.41) is 0.105. The molecule has 0 spiro atoms. The van der Waals surface area contributed by atoms with E-state index in [2.05, 4.69) is 9.97 Å².